The zero-order valence-electron chi connectivity index (χ0n) is 8.85. The molecule has 0 saturated heterocycles. The third-order valence-electron chi connectivity index (χ3n) is 2.10. The summed E-state index contributed by atoms with van der Waals surface area (Å²) in [7, 11) is -3.85. The number of hydrogen-bond donors (Lipinski definition) is 2. The Morgan fingerprint density at radius 2 is 2.22 bits per heavy atom. The van der Waals surface area contributed by atoms with Crippen LogP contribution in [0.3, 0.4) is 0 Å². The van der Waals surface area contributed by atoms with E-state index in [1.807, 2.05) is 0 Å². The summed E-state index contributed by atoms with van der Waals surface area (Å²) in [5.74, 6) is 0.173. The van der Waals surface area contributed by atoms with Gasteiger partial charge in [0.15, 0.2) is 11.5 Å². The van der Waals surface area contributed by atoms with Gasteiger partial charge in [-0.3, -0.25) is 9.82 Å². The fraction of sp³-hybridized carbons (Fsp3) is 0. The minimum absolute atomic E-state index is 0.173. The molecule has 0 fully saturated rings. The summed E-state index contributed by atoms with van der Waals surface area (Å²) in [5.41, 5.74) is 0.396. The molecule has 18 heavy (non-hydrogen) atoms. The van der Waals surface area contributed by atoms with Gasteiger partial charge in [-0.25, -0.2) is 9.50 Å². The molecule has 9 nitrogen and oxygen atoms in total. The molecule has 2 N–H and O–H groups in total. The fourth-order valence-electron chi connectivity index (χ4n) is 1.34. The first-order valence-electron chi connectivity index (χ1n) is 4.84. The number of sulfonamides is 1. The smallest absolute Gasteiger partial charge is 0.284 e. The van der Waals surface area contributed by atoms with Crippen LogP contribution in [-0.4, -0.2) is 38.2 Å². The molecule has 92 valence electrons. The molecule has 3 aromatic rings. The Kier molecular flexibility index (Phi) is 2.23. The first-order chi connectivity index (χ1) is 8.65. The van der Waals surface area contributed by atoms with E-state index < -0.39 is 10.0 Å². The van der Waals surface area contributed by atoms with Gasteiger partial charge in [-0.1, -0.05) is 0 Å². The average Bonchev–Trinajstić information content (AvgIpc) is 2.96. The van der Waals surface area contributed by atoms with Crippen LogP contribution < -0.4 is 4.72 Å². The van der Waals surface area contributed by atoms with Crippen molar-refractivity contribution in [3.8, 4) is 0 Å². The molecule has 0 aliphatic heterocycles. The molecule has 0 atom stereocenters. The third-order valence-corrected chi connectivity index (χ3v) is 3.24. The van der Waals surface area contributed by atoms with E-state index in [1.54, 1.807) is 6.07 Å². The molecule has 0 aliphatic carbocycles. The summed E-state index contributed by atoms with van der Waals surface area (Å²) >= 11 is 0. The Balaban J connectivity index is 2.02. The van der Waals surface area contributed by atoms with Gasteiger partial charge in [0.1, 0.15) is 6.33 Å². The van der Waals surface area contributed by atoms with Crippen LogP contribution in [0.5, 0.6) is 0 Å². The Morgan fingerprint density at radius 3 is 2.94 bits per heavy atom. The molecular formula is C8H7N7O2S. The summed E-state index contributed by atoms with van der Waals surface area (Å²) < 4.78 is 27.4. The van der Waals surface area contributed by atoms with Gasteiger partial charge < -0.3 is 0 Å². The van der Waals surface area contributed by atoms with E-state index in [4.69, 9.17) is 0 Å². The molecule has 3 rings (SSSR count). The monoisotopic (exact) mass is 265 g/mol. The van der Waals surface area contributed by atoms with Gasteiger partial charge in [-0.2, -0.15) is 18.5 Å². The number of anilines is 1. The lowest BCUT2D eigenvalue weighted by atomic mass is 10.6. The summed E-state index contributed by atoms with van der Waals surface area (Å²) in [5, 5.41) is 9.67. The molecule has 0 aromatic carbocycles. The quantitative estimate of drug-likeness (QED) is 0.668. The second-order valence-electron chi connectivity index (χ2n) is 3.34. The Bertz CT molecular complexity index is 744. The second-order valence-corrected chi connectivity index (χ2v) is 4.92. The van der Waals surface area contributed by atoms with E-state index >= 15 is 0 Å². The molecule has 0 saturated carbocycles. The lowest BCUT2D eigenvalue weighted by Gasteiger charge is -1.99. The highest BCUT2D eigenvalue weighted by Gasteiger charge is 2.21. The van der Waals surface area contributed by atoms with Crippen molar-refractivity contribution in [1.29, 1.82) is 0 Å². The number of aromatic nitrogens is 6. The summed E-state index contributed by atoms with van der Waals surface area (Å²) in [6.07, 6.45) is 4.37. The van der Waals surface area contributed by atoms with Crippen LogP contribution in [0.15, 0.2) is 36.0 Å². The molecule has 10 heteroatoms. The zero-order valence-corrected chi connectivity index (χ0v) is 9.66. The minimum Gasteiger partial charge on any atom is -0.284 e. The highest BCUT2D eigenvalue weighted by molar-refractivity contribution is 7.92. The van der Waals surface area contributed by atoms with Crippen LogP contribution in [0.25, 0.3) is 5.65 Å². The second kappa shape index (κ2) is 3.77. The number of aromatic amines is 1. The number of H-pyrrole nitrogens is 1. The summed E-state index contributed by atoms with van der Waals surface area (Å²) in [6, 6.07) is 3.04. The number of nitrogens with zero attached hydrogens (tertiary/aromatic N) is 5. The Labute approximate surface area is 101 Å². The fourth-order valence-corrected chi connectivity index (χ4v) is 2.23. The maximum absolute atomic E-state index is 11.9. The van der Waals surface area contributed by atoms with Gasteiger partial charge in [-0.15, -0.1) is 5.10 Å². The van der Waals surface area contributed by atoms with Crippen LogP contribution >= 0.6 is 0 Å². The SMILES string of the molecule is O=S(=O)(Nc1cc[nH]n1)c1nc2ccncn2n1. The molecule has 0 amide bonds. The molecular weight excluding hydrogens is 258 g/mol. The molecule has 3 heterocycles. The zero-order chi connectivity index (χ0) is 12.6. The maximum Gasteiger partial charge on any atom is 0.300 e. The predicted octanol–water partition coefficient (Wildman–Crippen LogP) is -0.352. The number of fused-ring (bicyclic) bond motifs is 1. The summed E-state index contributed by atoms with van der Waals surface area (Å²) in [4.78, 5) is 7.70. The largest absolute Gasteiger partial charge is 0.300 e. The molecule has 3 aromatic heterocycles. The summed E-state index contributed by atoms with van der Waals surface area (Å²) in [6.45, 7) is 0. The lowest BCUT2D eigenvalue weighted by molar-refractivity contribution is 0.592. The minimum atomic E-state index is -3.85. The van der Waals surface area contributed by atoms with Crippen molar-refractivity contribution >= 4 is 21.5 Å². The van der Waals surface area contributed by atoms with Gasteiger partial charge in [-0.05, 0) is 0 Å². The van der Waals surface area contributed by atoms with Crippen molar-refractivity contribution in [1.82, 2.24) is 29.8 Å². The molecule has 0 unspecified atom stereocenters. The van der Waals surface area contributed by atoms with Gasteiger partial charge in [0, 0.05) is 24.5 Å². The topological polar surface area (TPSA) is 118 Å². The lowest BCUT2D eigenvalue weighted by Crippen LogP contribution is -2.15. The van der Waals surface area contributed by atoms with Gasteiger partial charge >= 0.3 is 10.0 Å². The normalized spacial score (nSPS) is 11.8. The van der Waals surface area contributed by atoms with E-state index in [-0.39, 0.29) is 11.0 Å². The van der Waals surface area contributed by atoms with Crippen molar-refractivity contribution < 1.29 is 8.42 Å². The standard InChI is InChI=1S/C8H7N7O2S/c16-18(17,14-6-1-4-10-12-6)8-11-7-2-3-9-5-15(7)13-8/h1-5H,(H2,10,12,14). The van der Waals surface area contributed by atoms with Crippen LogP contribution in [0.4, 0.5) is 5.82 Å². The number of hydrogen-bond acceptors (Lipinski definition) is 6. The van der Waals surface area contributed by atoms with Crippen LogP contribution in [0, 0.1) is 0 Å². The van der Waals surface area contributed by atoms with Crippen molar-refractivity contribution in [3.63, 3.8) is 0 Å². The van der Waals surface area contributed by atoms with Crippen LogP contribution in [0.1, 0.15) is 0 Å². The van der Waals surface area contributed by atoms with Crippen LogP contribution in [-0.2, 0) is 10.0 Å². The van der Waals surface area contributed by atoms with Crippen molar-refractivity contribution in [3.05, 3.63) is 30.9 Å². The van der Waals surface area contributed by atoms with Gasteiger partial charge in [0.2, 0.25) is 0 Å². The van der Waals surface area contributed by atoms with E-state index in [2.05, 4.69) is 30.0 Å². The Hall–Kier alpha value is -2.49. The van der Waals surface area contributed by atoms with Crippen LogP contribution in [0.2, 0.25) is 0 Å². The maximum atomic E-state index is 11.9. The van der Waals surface area contributed by atoms with E-state index in [0.29, 0.717) is 5.65 Å². The average molecular weight is 265 g/mol. The molecule has 0 spiro atoms. The third kappa shape index (κ3) is 1.78. The van der Waals surface area contributed by atoms with E-state index in [9.17, 15) is 8.42 Å². The number of nitrogens with one attached hydrogen (secondary N) is 2. The first kappa shape index (κ1) is 10.7. The van der Waals surface area contributed by atoms with Gasteiger partial charge in [0.05, 0.1) is 0 Å². The highest BCUT2D eigenvalue weighted by Crippen LogP contribution is 2.10. The van der Waals surface area contributed by atoms with E-state index in [1.165, 1.54) is 29.3 Å². The molecule has 0 aliphatic rings. The van der Waals surface area contributed by atoms with Crippen molar-refractivity contribution in [2.75, 3.05) is 4.72 Å². The highest BCUT2D eigenvalue weighted by atomic mass is 32.2. The van der Waals surface area contributed by atoms with Gasteiger partial charge in [0.25, 0.3) is 5.16 Å². The number of rotatable bonds is 3. The van der Waals surface area contributed by atoms with Crippen molar-refractivity contribution in [2.24, 2.45) is 0 Å². The van der Waals surface area contributed by atoms with Crippen molar-refractivity contribution in [2.45, 2.75) is 5.16 Å². The van der Waals surface area contributed by atoms with E-state index in [0.717, 1.165) is 0 Å². The molecule has 0 radical (unpaired) electrons. The first-order valence-corrected chi connectivity index (χ1v) is 6.32. The molecule has 0 bridgehead atoms. The predicted molar refractivity (Wildman–Crippen MR) is 60.2 cm³/mol. The Morgan fingerprint density at radius 1 is 1.33 bits per heavy atom.